The fourth-order valence-electron chi connectivity index (χ4n) is 6.56. The van der Waals surface area contributed by atoms with E-state index in [2.05, 4.69) is 16.0 Å². The third-order valence-electron chi connectivity index (χ3n) is 8.48. The lowest BCUT2D eigenvalue weighted by Crippen LogP contribution is -2.72. The maximum atomic E-state index is 12.9. The molecule has 6 N–H and O–H groups in total. The Hall–Kier alpha value is -5.05. The molecular formula is C32H45N3O22. The Kier molecular flexibility index (Phi) is 16.2. The molecule has 3 aliphatic heterocycles. The van der Waals surface area contributed by atoms with Gasteiger partial charge in [-0.25, -0.2) is 14.4 Å². The summed E-state index contributed by atoms with van der Waals surface area (Å²) in [6, 6.07) is -4.96. The van der Waals surface area contributed by atoms with E-state index in [0.717, 1.165) is 55.8 Å². The number of esters is 3. The molecule has 3 amide bonds. The lowest BCUT2D eigenvalue weighted by atomic mass is 9.92. The summed E-state index contributed by atoms with van der Waals surface area (Å²) < 4.78 is 55.6. The maximum Gasteiger partial charge on any atom is 0.335 e. The van der Waals surface area contributed by atoms with Crippen molar-refractivity contribution in [2.24, 2.45) is 0 Å². The summed E-state index contributed by atoms with van der Waals surface area (Å²) in [5.74, 6) is -10.8. The number of methoxy groups -OCH3 is 2. The second-order valence-electron chi connectivity index (χ2n) is 12.8. The van der Waals surface area contributed by atoms with Gasteiger partial charge in [0.05, 0.1) is 0 Å². The van der Waals surface area contributed by atoms with Crippen molar-refractivity contribution in [1.82, 2.24) is 16.0 Å². The van der Waals surface area contributed by atoms with E-state index in [1.807, 2.05) is 0 Å². The first-order valence-corrected chi connectivity index (χ1v) is 17.0. The zero-order chi connectivity index (χ0) is 43.0. The second-order valence-corrected chi connectivity index (χ2v) is 12.8. The van der Waals surface area contributed by atoms with Crippen LogP contribution in [0.1, 0.15) is 41.5 Å². The molecule has 0 aliphatic carbocycles. The van der Waals surface area contributed by atoms with Crippen LogP contribution in [0, 0.1) is 0 Å². The number of carboxylic acids is 3. The van der Waals surface area contributed by atoms with Gasteiger partial charge in [0, 0.05) is 55.8 Å². The highest BCUT2D eigenvalue weighted by Crippen LogP contribution is 2.36. The summed E-state index contributed by atoms with van der Waals surface area (Å²) in [6.45, 7) is 5.88. The molecule has 15 atom stereocenters. The zero-order valence-electron chi connectivity index (χ0n) is 31.8. The van der Waals surface area contributed by atoms with Crippen molar-refractivity contribution in [3.8, 4) is 0 Å². The van der Waals surface area contributed by atoms with Crippen LogP contribution in [0.25, 0.3) is 0 Å². The highest BCUT2D eigenvalue weighted by molar-refractivity contribution is 5.77. The number of ether oxygens (including phenoxy) is 10. The fraction of sp³-hybridized carbons (Fsp3) is 0.719. The van der Waals surface area contributed by atoms with Gasteiger partial charge in [-0.1, -0.05) is 0 Å². The Labute approximate surface area is 323 Å². The molecule has 3 rings (SSSR count). The standard InChI is InChI=1S/C32H45N3O22/c1-9(36)33-15-19(51-13(5)40)22(25(28(44)45)55-30(15)49-8)53-32-17(35-11(3)38)20(52-14(6)41)23(26(57-32)29(46)47)54-31-16(34-10(2)37)18(50-12(4)39)21(48-7)24(56-31)27(42)43/h15-26,30-32H,1-8H3,(H,33,36)(H,34,37)(H,35,38)(H,42,43)(H,44,45)(H,46,47)/t15-,16-,17-,18-,19-,20-,21-,22-,23-,24+,25+,26+,30+,31+,32+/m1/s1. The van der Waals surface area contributed by atoms with Crippen LogP contribution < -0.4 is 16.0 Å². The Balaban J connectivity index is 2.22. The average Bonchev–Trinajstić information content (AvgIpc) is 3.07. The first kappa shape index (κ1) is 46.3. The van der Waals surface area contributed by atoms with Crippen molar-refractivity contribution in [3.05, 3.63) is 0 Å². The van der Waals surface area contributed by atoms with E-state index >= 15 is 0 Å². The molecule has 57 heavy (non-hydrogen) atoms. The quantitative estimate of drug-likeness (QED) is 0.0680. The molecule has 3 aliphatic rings. The van der Waals surface area contributed by atoms with Gasteiger partial charge in [-0.15, -0.1) is 0 Å². The number of carbonyl (C=O) groups excluding carboxylic acids is 6. The van der Waals surface area contributed by atoms with Crippen molar-refractivity contribution in [2.45, 2.75) is 133 Å². The van der Waals surface area contributed by atoms with Crippen molar-refractivity contribution < 1.29 is 106 Å². The van der Waals surface area contributed by atoms with Gasteiger partial charge in [-0.05, 0) is 0 Å². The fourth-order valence-corrected chi connectivity index (χ4v) is 6.56. The zero-order valence-corrected chi connectivity index (χ0v) is 31.8. The average molecular weight is 824 g/mol. The number of hydrogen-bond donors (Lipinski definition) is 6. The van der Waals surface area contributed by atoms with Gasteiger partial charge in [0.25, 0.3) is 0 Å². The number of nitrogens with one attached hydrogen (secondary N) is 3. The van der Waals surface area contributed by atoms with E-state index in [-0.39, 0.29) is 0 Å². The Bertz CT molecular complexity index is 1560. The molecule has 25 heteroatoms. The SMILES string of the molecule is CO[C@H]1O[C@H](C(=O)O)[C@H](O[C@H]2O[C@H](C(=O)O)[C@H](O[C@H]3O[C@H](C(=O)O)[C@H](OC)[C@H](OC(C)=O)[C@H]3NC(C)=O)[C@H](OC(C)=O)[C@H]2NC(C)=O)[C@H](OC(C)=O)[C@H]1NC(C)=O. The van der Waals surface area contributed by atoms with E-state index in [9.17, 15) is 58.5 Å². The number of carbonyl (C=O) groups is 9. The molecule has 320 valence electrons. The first-order chi connectivity index (χ1) is 26.6. The minimum atomic E-state index is -2.35. The van der Waals surface area contributed by atoms with Gasteiger partial charge < -0.3 is 78.6 Å². The molecule has 0 aromatic rings. The van der Waals surface area contributed by atoms with Crippen LogP contribution in [-0.4, -0.2) is 175 Å². The van der Waals surface area contributed by atoms with Crippen molar-refractivity contribution in [1.29, 1.82) is 0 Å². The molecule has 0 aromatic carbocycles. The van der Waals surface area contributed by atoms with Crippen LogP contribution in [0.5, 0.6) is 0 Å². The van der Waals surface area contributed by atoms with E-state index in [1.165, 1.54) is 0 Å². The number of aliphatic carboxylic acids is 3. The van der Waals surface area contributed by atoms with Crippen LogP contribution in [0.3, 0.4) is 0 Å². The molecule has 25 nitrogen and oxygen atoms in total. The van der Waals surface area contributed by atoms with E-state index in [0.29, 0.717) is 0 Å². The number of carboxylic acid groups (broad SMARTS) is 3. The monoisotopic (exact) mass is 823 g/mol. The van der Waals surface area contributed by atoms with Gasteiger partial charge in [0.2, 0.25) is 17.7 Å². The molecule has 0 saturated carbocycles. The third kappa shape index (κ3) is 11.5. The highest BCUT2D eigenvalue weighted by Gasteiger charge is 2.60. The van der Waals surface area contributed by atoms with Crippen molar-refractivity contribution >= 4 is 53.5 Å². The van der Waals surface area contributed by atoms with Gasteiger partial charge in [0.15, 0.2) is 55.5 Å². The topological polar surface area (TPSA) is 343 Å². The van der Waals surface area contributed by atoms with Crippen LogP contribution in [-0.2, 0) is 90.5 Å². The molecule has 0 aromatic heterocycles. The lowest BCUT2D eigenvalue weighted by molar-refractivity contribution is -0.344. The predicted octanol–water partition coefficient (Wildman–Crippen LogP) is -3.84. The molecular weight excluding hydrogens is 778 g/mol. The van der Waals surface area contributed by atoms with Crippen LogP contribution in [0.2, 0.25) is 0 Å². The number of amides is 3. The Morgan fingerprint density at radius 3 is 0.965 bits per heavy atom. The first-order valence-electron chi connectivity index (χ1n) is 17.0. The number of rotatable bonds is 15. The molecule has 3 heterocycles. The van der Waals surface area contributed by atoms with E-state index < -0.39 is 145 Å². The Morgan fingerprint density at radius 2 is 0.702 bits per heavy atom. The second kappa shape index (κ2) is 19.9. The highest BCUT2D eigenvalue weighted by atomic mass is 16.8. The van der Waals surface area contributed by atoms with E-state index in [1.54, 1.807) is 0 Å². The smallest absolute Gasteiger partial charge is 0.335 e. The van der Waals surface area contributed by atoms with Gasteiger partial charge in [-0.2, -0.15) is 0 Å². The summed E-state index contributed by atoms with van der Waals surface area (Å²) in [6.07, 6.45) is -23.4. The third-order valence-corrected chi connectivity index (χ3v) is 8.48. The lowest BCUT2D eigenvalue weighted by Gasteiger charge is -2.50. The summed E-state index contributed by atoms with van der Waals surface area (Å²) in [5, 5.41) is 37.8. The molecule has 0 spiro atoms. The minimum absolute atomic E-state index is 0.721. The maximum absolute atomic E-state index is 12.9. The summed E-state index contributed by atoms with van der Waals surface area (Å²) in [7, 11) is 2.15. The van der Waals surface area contributed by atoms with Gasteiger partial charge in [-0.3, -0.25) is 28.8 Å². The summed E-state index contributed by atoms with van der Waals surface area (Å²) in [5.41, 5.74) is 0. The normalized spacial score (nSPS) is 35.1. The van der Waals surface area contributed by atoms with Gasteiger partial charge >= 0.3 is 35.8 Å². The van der Waals surface area contributed by atoms with Gasteiger partial charge in [0.1, 0.15) is 36.4 Å². The van der Waals surface area contributed by atoms with E-state index in [4.69, 9.17) is 47.4 Å². The molecule has 3 fully saturated rings. The van der Waals surface area contributed by atoms with Crippen LogP contribution in [0.4, 0.5) is 0 Å². The van der Waals surface area contributed by atoms with Crippen molar-refractivity contribution in [3.63, 3.8) is 0 Å². The largest absolute Gasteiger partial charge is 0.479 e. The summed E-state index contributed by atoms with van der Waals surface area (Å²) in [4.78, 5) is 112. The number of hydrogen-bond acceptors (Lipinski definition) is 19. The minimum Gasteiger partial charge on any atom is -0.479 e. The summed E-state index contributed by atoms with van der Waals surface area (Å²) >= 11 is 0. The van der Waals surface area contributed by atoms with Crippen LogP contribution >= 0.6 is 0 Å². The Morgan fingerprint density at radius 1 is 0.421 bits per heavy atom. The van der Waals surface area contributed by atoms with Crippen LogP contribution in [0.15, 0.2) is 0 Å². The molecule has 0 bridgehead atoms. The predicted molar refractivity (Wildman–Crippen MR) is 176 cm³/mol. The van der Waals surface area contributed by atoms with Crippen molar-refractivity contribution in [2.75, 3.05) is 14.2 Å². The molecule has 3 saturated heterocycles. The molecule has 0 radical (unpaired) electrons. The molecule has 0 unspecified atom stereocenters.